The van der Waals surface area contributed by atoms with E-state index in [9.17, 15) is 20.3 Å². The predicted molar refractivity (Wildman–Crippen MR) is 208 cm³/mol. The summed E-state index contributed by atoms with van der Waals surface area (Å²) in [5.41, 5.74) is 7.03. The van der Waals surface area contributed by atoms with Crippen LogP contribution in [0.5, 0.6) is 11.5 Å². The smallest absolute Gasteiger partial charge is 0.323 e. The maximum Gasteiger partial charge on any atom is 0.323 e. The van der Waals surface area contributed by atoms with E-state index in [0.29, 0.717) is 45.4 Å². The molecule has 6 rings (SSSR count). The van der Waals surface area contributed by atoms with E-state index >= 15 is 0 Å². The number of hydrogen-bond acceptors (Lipinski definition) is 11. The standard InChI is InChI=1S/C38H34N6O6S.Cr.3H2O/c1-20-9-11-29-25(15-20)18-35(51-50-49-48)36(37(29)46)44-43-33-17-23(4)32(19-34(33)45)40-38(47)39-26-10-13-30(22(3)16-26)41-42-31-14-12-27-21(2)7-6-8-28(27)24(31)5;;;;/h6-19,45-46,48H,1-5H3,(H2,39,40,47);;3*1H2/p-1. The number of urea groups is 1. The van der Waals surface area contributed by atoms with Crippen LogP contribution in [0, 0.1) is 34.6 Å². The first-order chi connectivity index (χ1) is 24.5. The van der Waals surface area contributed by atoms with Gasteiger partial charge in [0.1, 0.15) is 17.1 Å². The molecule has 6 aromatic rings. The van der Waals surface area contributed by atoms with Crippen LogP contribution in [0.4, 0.5) is 38.9 Å². The second-order valence-corrected chi connectivity index (χ2v) is 12.8. The van der Waals surface area contributed by atoms with Crippen LogP contribution < -0.4 is 15.9 Å². The van der Waals surface area contributed by atoms with Gasteiger partial charge >= 0.3 is 6.03 Å². The Balaban J connectivity index is 0.00000261. The Morgan fingerprint density at radius 1 is 0.691 bits per heavy atom. The van der Waals surface area contributed by atoms with Gasteiger partial charge < -0.3 is 42.5 Å². The number of benzene rings is 6. The van der Waals surface area contributed by atoms with E-state index in [4.69, 9.17) is 0 Å². The van der Waals surface area contributed by atoms with Crippen LogP contribution in [0.15, 0.2) is 110 Å². The van der Waals surface area contributed by atoms with Crippen LogP contribution in [0.25, 0.3) is 21.5 Å². The minimum Gasteiger partial charge on any atom is -0.691 e. The largest absolute Gasteiger partial charge is 0.691 e. The summed E-state index contributed by atoms with van der Waals surface area (Å²) in [6, 6.07) is 25.0. The summed E-state index contributed by atoms with van der Waals surface area (Å²) < 4.78 is 4.49. The molecule has 0 bridgehead atoms. The van der Waals surface area contributed by atoms with Crippen molar-refractivity contribution in [3.63, 3.8) is 0 Å². The van der Waals surface area contributed by atoms with Gasteiger partial charge in [0.2, 0.25) is 0 Å². The molecule has 2 amide bonds. The van der Waals surface area contributed by atoms with Crippen LogP contribution in [-0.4, -0.2) is 32.7 Å². The third kappa shape index (κ3) is 10.2. The molecule has 288 valence electrons. The molecule has 0 aliphatic carbocycles. The Kier molecular flexibility index (Phi) is 16.4. The van der Waals surface area contributed by atoms with Gasteiger partial charge in [0.05, 0.1) is 28.3 Å². The molecular formula is C38H39CrN6O9S-. The Morgan fingerprint density at radius 3 is 2.11 bits per heavy atom. The normalized spacial score (nSPS) is 10.8. The number of fused-ring (bicyclic) bond motifs is 2. The minimum absolute atomic E-state index is 0. The number of phenolic OH excluding ortho intramolecular Hbond substituents is 2. The van der Waals surface area contributed by atoms with E-state index in [1.54, 1.807) is 37.3 Å². The van der Waals surface area contributed by atoms with E-state index in [2.05, 4.69) is 65.6 Å². The quantitative estimate of drug-likeness (QED) is 0.0481. The van der Waals surface area contributed by atoms with Gasteiger partial charge in [-0.1, -0.05) is 48.0 Å². The number of carbonyl (C=O) groups excluding carboxylic acids is 1. The van der Waals surface area contributed by atoms with Crippen LogP contribution >= 0.6 is 12.0 Å². The molecule has 0 spiro atoms. The van der Waals surface area contributed by atoms with Crippen molar-refractivity contribution in [3.05, 3.63) is 113 Å². The fourth-order valence-corrected chi connectivity index (χ4v) is 6.17. The Bertz CT molecular complexity index is 2390. The molecule has 0 radical (unpaired) electrons. The Morgan fingerprint density at radius 2 is 1.38 bits per heavy atom. The number of azo groups is 2. The zero-order chi connectivity index (χ0) is 36.2. The number of nitrogens with one attached hydrogen (secondary N) is 2. The van der Waals surface area contributed by atoms with Crippen molar-refractivity contribution < 1.29 is 63.4 Å². The molecule has 0 saturated carbocycles. The van der Waals surface area contributed by atoms with Gasteiger partial charge in [0.25, 0.3) is 0 Å². The molecule has 0 heterocycles. The van der Waals surface area contributed by atoms with Crippen molar-refractivity contribution in [1.82, 2.24) is 0 Å². The first-order valence-corrected chi connectivity index (χ1v) is 16.5. The van der Waals surface area contributed by atoms with Crippen LogP contribution in [-0.2, 0) is 26.7 Å². The number of carbonyl (C=O) groups is 1. The zero-order valence-electron chi connectivity index (χ0n) is 30.2. The summed E-state index contributed by atoms with van der Waals surface area (Å²) in [6.07, 6.45) is 0. The SMILES string of the molecule is Cc1ccc2c(O)c(N=Nc3cc(C)c(NC(=O)Nc4ccc(N=Nc5ccc6c(C)cccc6c5C)c(C)c4)cc3O)c(SOO[O-])cc2c1.O.O.O.[Cr]. The number of rotatable bonds is 9. The molecule has 0 atom stereocenters. The average Bonchev–Trinajstić information content (AvgIpc) is 3.09. The number of aromatic hydroxyl groups is 2. The van der Waals surface area contributed by atoms with Gasteiger partial charge in [-0.15, -0.1) is 10.2 Å². The van der Waals surface area contributed by atoms with E-state index in [-0.39, 0.29) is 61.6 Å². The molecule has 6 aromatic carbocycles. The van der Waals surface area contributed by atoms with Crippen LogP contribution in [0.2, 0.25) is 0 Å². The van der Waals surface area contributed by atoms with E-state index in [1.807, 2.05) is 45.0 Å². The molecular weight excluding hydrogens is 769 g/mol. The summed E-state index contributed by atoms with van der Waals surface area (Å²) in [7, 11) is 0. The summed E-state index contributed by atoms with van der Waals surface area (Å²) >= 11 is 0.563. The van der Waals surface area contributed by atoms with E-state index in [0.717, 1.165) is 27.8 Å². The molecule has 0 fully saturated rings. The third-order valence-corrected chi connectivity index (χ3v) is 9.04. The van der Waals surface area contributed by atoms with Gasteiger partial charge in [0.15, 0.2) is 5.75 Å². The molecule has 0 aliphatic rings. The maximum absolute atomic E-state index is 12.9. The maximum atomic E-state index is 12.9. The Labute approximate surface area is 330 Å². The van der Waals surface area contributed by atoms with Crippen LogP contribution in [0.1, 0.15) is 27.8 Å². The molecule has 0 aromatic heterocycles. The number of aryl methyl sites for hydroxylation is 5. The van der Waals surface area contributed by atoms with Crippen molar-refractivity contribution in [2.45, 2.75) is 39.5 Å². The molecule has 15 nitrogen and oxygen atoms in total. The van der Waals surface area contributed by atoms with Gasteiger partial charge in [-0.05, 0) is 109 Å². The monoisotopic (exact) mass is 807 g/mol. The van der Waals surface area contributed by atoms with Crippen LogP contribution in [0.3, 0.4) is 0 Å². The van der Waals surface area contributed by atoms with E-state index in [1.165, 1.54) is 23.1 Å². The molecule has 10 N–H and O–H groups in total. The summed E-state index contributed by atoms with van der Waals surface area (Å²) in [6.45, 7) is 9.64. The van der Waals surface area contributed by atoms with E-state index < -0.39 is 6.03 Å². The molecule has 0 saturated heterocycles. The van der Waals surface area contributed by atoms with Crippen molar-refractivity contribution >= 4 is 73.7 Å². The number of hydrogen-bond donors (Lipinski definition) is 4. The number of nitrogens with zero attached hydrogens (tertiary/aromatic N) is 4. The van der Waals surface area contributed by atoms with Crippen molar-refractivity contribution in [3.8, 4) is 11.5 Å². The zero-order valence-corrected chi connectivity index (χ0v) is 32.3. The first kappa shape index (κ1) is 45.7. The molecule has 0 unspecified atom stereocenters. The topological polar surface area (TPSA) is 267 Å². The number of phenols is 2. The molecule has 0 aliphatic heterocycles. The van der Waals surface area contributed by atoms with Gasteiger partial charge in [-0.25, -0.2) is 4.79 Å². The summed E-state index contributed by atoms with van der Waals surface area (Å²) in [5.74, 6) is -0.466. The summed E-state index contributed by atoms with van der Waals surface area (Å²) in [4.78, 5) is 13.2. The fourth-order valence-electron chi connectivity index (χ4n) is 5.68. The second kappa shape index (κ2) is 19.8. The average molecular weight is 808 g/mol. The summed E-state index contributed by atoms with van der Waals surface area (Å²) in [5, 5.41) is 62.1. The fraction of sp³-hybridized carbons (Fsp3) is 0.132. The number of anilines is 2. The minimum atomic E-state index is -0.527. The second-order valence-electron chi connectivity index (χ2n) is 12.0. The van der Waals surface area contributed by atoms with Gasteiger partial charge in [-0.2, -0.15) is 14.6 Å². The van der Waals surface area contributed by atoms with Crippen molar-refractivity contribution in [2.75, 3.05) is 10.6 Å². The van der Waals surface area contributed by atoms with Gasteiger partial charge in [0, 0.05) is 40.2 Å². The van der Waals surface area contributed by atoms with Crippen molar-refractivity contribution in [1.29, 1.82) is 0 Å². The first-order valence-electron chi connectivity index (χ1n) is 15.8. The number of amides is 2. The van der Waals surface area contributed by atoms with Gasteiger partial charge in [-0.3, -0.25) is 5.04 Å². The Hall–Kier alpha value is -5.45. The molecule has 17 heteroatoms. The third-order valence-electron chi connectivity index (χ3n) is 8.43. The van der Waals surface area contributed by atoms with Crippen molar-refractivity contribution in [2.24, 2.45) is 20.5 Å². The predicted octanol–water partition coefficient (Wildman–Crippen LogP) is 8.18. The molecule has 55 heavy (non-hydrogen) atoms.